The third-order valence-electron chi connectivity index (χ3n) is 6.41. The topological polar surface area (TPSA) is 95.9 Å². The van der Waals surface area contributed by atoms with E-state index in [-0.39, 0.29) is 37.3 Å². The van der Waals surface area contributed by atoms with Gasteiger partial charge in [-0.1, -0.05) is 54.6 Å². The van der Waals surface area contributed by atoms with Gasteiger partial charge in [-0.2, -0.15) is 0 Å². The van der Waals surface area contributed by atoms with Crippen molar-refractivity contribution >= 4 is 18.0 Å². The number of carbonyl (C=O) groups excluding carboxylic acids is 2. The summed E-state index contributed by atoms with van der Waals surface area (Å²) in [4.78, 5) is 38.4. The Morgan fingerprint density at radius 3 is 2.36 bits per heavy atom. The lowest BCUT2D eigenvalue weighted by molar-refractivity contribution is -0.140. The van der Waals surface area contributed by atoms with E-state index in [4.69, 9.17) is 9.84 Å². The van der Waals surface area contributed by atoms with Gasteiger partial charge < -0.3 is 20.1 Å². The number of carbonyl (C=O) groups is 3. The molecule has 2 amide bonds. The van der Waals surface area contributed by atoms with Gasteiger partial charge in [-0.05, 0) is 41.5 Å². The van der Waals surface area contributed by atoms with Crippen molar-refractivity contribution in [2.75, 3.05) is 13.2 Å². The lowest BCUT2D eigenvalue weighted by Gasteiger charge is -2.28. The molecular formula is C26H28N2O5. The lowest BCUT2D eigenvalue weighted by Crippen LogP contribution is -2.50. The Bertz CT molecular complexity index is 1020. The number of hydrogen-bond acceptors (Lipinski definition) is 4. The summed E-state index contributed by atoms with van der Waals surface area (Å²) >= 11 is 0. The number of carboxylic acid groups (broad SMARTS) is 1. The number of hydrogen-bond donors (Lipinski definition) is 2. The van der Waals surface area contributed by atoms with E-state index < -0.39 is 18.1 Å². The minimum Gasteiger partial charge on any atom is -0.481 e. The summed E-state index contributed by atoms with van der Waals surface area (Å²) in [6, 6.07) is 15.0. The smallest absolute Gasteiger partial charge is 0.407 e. The maximum atomic E-state index is 13.1. The largest absolute Gasteiger partial charge is 0.481 e. The van der Waals surface area contributed by atoms with Crippen LogP contribution in [0, 0.1) is 0 Å². The van der Waals surface area contributed by atoms with Crippen LogP contribution in [-0.4, -0.2) is 53.2 Å². The number of alkyl carbamates (subject to hydrolysis) is 1. The summed E-state index contributed by atoms with van der Waals surface area (Å²) in [7, 11) is 0. The summed E-state index contributed by atoms with van der Waals surface area (Å²) in [5.41, 5.74) is 4.50. The Morgan fingerprint density at radius 1 is 1.12 bits per heavy atom. The summed E-state index contributed by atoms with van der Waals surface area (Å²) < 4.78 is 5.57. The number of nitrogens with zero attached hydrogens (tertiary/aromatic N) is 1. The average molecular weight is 449 g/mol. The molecule has 0 spiro atoms. The average Bonchev–Trinajstić information content (AvgIpc) is 3.39. The first-order valence-corrected chi connectivity index (χ1v) is 11.2. The molecule has 7 heteroatoms. The molecule has 4 rings (SSSR count). The minimum absolute atomic E-state index is 0.0739. The molecule has 1 unspecified atom stereocenters. The van der Waals surface area contributed by atoms with E-state index in [9.17, 15) is 14.4 Å². The second-order valence-electron chi connectivity index (χ2n) is 8.47. The van der Waals surface area contributed by atoms with Crippen LogP contribution in [0.3, 0.4) is 0 Å². The highest BCUT2D eigenvalue weighted by atomic mass is 16.5. The van der Waals surface area contributed by atoms with Gasteiger partial charge in [0, 0.05) is 18.5 Å². The van der Waals surface area contributed by atoms with Gasteiger partial charge in [0.1, 0.15) is 12.6 Å². The number of nitrogens with one attached hydrogen (secondary N) is 1. The second kappa shape index (κ2) is 9.90. The molecule has 0 bridgehead atoms. The summed E-state index contributed by atoms with van der Waals surface area (Å²) in [6.45, 7) is 4.32. The molecule has 33 heavy (non-hydrogen) atoms. The van der Waals surface area contributed by atoms with E-state index >= 15 is 0 Å². The fraction of sp³-hybridized carbons (Fsp3) is 0.346. The van der Waals surface area contributed by atoms with Crippen LogP contribution in [0.1, 0.15) is 42.7 Å². The molecule has 2 aromatic carbocycles. The SMILES string of the molecule is C=CCC(NC(=O)OCC1c2ccccc2-c2ccccc21)C(=O)N1CCC[C@@H]1CC(=O)O. The highest BCUT2D eigenvalue weighted by Crippen LogP contribution is 2.44. The van der Waals surface area contributed by atoms with Gasteiger partial charge in [0.25, 0.3) is 0 Å². The molecule has 7 nitrogen and oxygen atoms in total. The molecule has 1 aliphatic carbocycles. The zero-order chi connectivity index (χ0) is 23.4. The molecule has 0 saturated carbocycles. The van der Waals surface area contributed by atoms with E-state index in [1.165, 1.54) is 0 Å². The third kappa shape index (κ3) is 4.77. The van der Waals surface area contributed by atoms with E-state index in [0.29, 0.717) is 13.0 Å². The zero-order valence-electron chi connectivity index (χ0n) is 18.4. The van der Waals surface area contributed by atoms with E-state index in [0.717, 1.165) is 28.7 Å². The molecular weight excluding hydrogens is 420 g/mol. The number of likely N-dealkylation sites (tertiary alicyclic amines) is 1. The van der Waals surface area contributed by atoms with Crippen molar-refractivity contribution in [3.05, 3.63) is 72.3 Å². The summed E-state index contributed by atoms with van der Waals surface area (Å²) in [6.07, 6.45) is 2.41. The van der Waals surface area contributed by atoms with Crippen LogP contribution in [0.2, 0.25) is 0 Å². The van der Waals surface area contributed by atoms with Gasteiger partial charge >= 0.3 is 12.1 Å². The quantitative estimate of drug-likeness (QED) is 0.597. The number of benzene rings is 2. The molecule has 1 fully saturated rings. The van der Waals surface area contributed by atoms with Gasteiger partial charge in [0.2, 0.25) is 5.91 Å². The minimum atomic E-state index is -0.940. The monoisotopic (exact) mass is 448 g/mol. The Balaban J connectivity index is 1.41. The maximum absolute atomic E-state index is 13.1. The van der Waals surface area contributed by atoms with Gasteiger partial charge in [-0.3, -0.25) is 9.59 Å². The Morgan fingerprint density at radius 2 is 1.76 bits per heavy atom. The summed E-state index contributed by atoms with van der Waals surface area (Å²) in [5, 5.41) is 11.8. The molecule has 2 aromatic rings. The highest BCUT2D eigenvalue weighted by Gasteiger charge is 2.35. The van der Waals surface area contributed by atoms with Crippen LogP contribution in [0.15, 0.2) is 61.2 Å². The predicted octanol–water partition coefficient (Wildman–Crippen LogP) is 3.94. The lowest BCUT2D eigenvalue weighted by atomic mass is 9.98. The second-order valence-corrected chi connectivity index (χ2v) is 8.47. The van der Waals surface area contributed by atoms with Crippen LogP contribution in [0.4, 0.5) is 4.79 Å². The molecule has 0 aromatic heterocycles. The number of aliphatic carboxylic acids is 1. The molecule has 2 aliphatic rings. The van der Waals surface area contributed by atoms with Gasteiger partial charge in [0.15, 0.2) is 0 Å². The fourth-order valence-corrected chi connectivity index (χ4v) is 4.91. The number of amides is 2. The first kappa shape index (κ1) is 22.6. The first-order valence-electron chi connectivity index (χ1n) is 11.2. The van der Waals surface area contributed by atoms with E-state index in [2.05, 4.69) is 24.0 Å². The normalized spacial score (nSPS) is 17.7. The number of fused-ring (bicyclic) bond motifs is 3. The van der Waals surface area contributed by atoms with Crippen molar-refractivity contribution < 1.29 is 24.2 Å². The Hall–Kier alpha value is -3.61. The van der Waals surface area contributed by atoms with Crippen LogP contribution >= 0.6 is 0 Å². The van der Waals surface area contributed by atoms with Crippen molar-refractivity contribution in [1.29, 1.82) is 0 Å². The molecule has 1 saturated heterocycles. The standard InChI is InChI=1S/C26H28N2O5/c1-2-8-23(25(31)28-14-7-9-17(28)15-24(29)30)27-26(32)33-16-22-20-12-5-3-10-18(20)19-11-4-6-13-21(19)22/h2-6,10-13,17,22-23H,1,7-9,14-16H2,(H,27,32)(H,29,30)/t17-,23?/m1/s1. The van der Waals surface area contributed by atoms with Crippen molar-refractivity contribution in [2.45, 2.75) is 43.7 Å². The Labute approximate surface area is 193 Å². The molecule has 2 N–H and O–H groups in total. The van der Waals surface area contributed by atoms with Gasteiger partial charge in [-0.25, -0.2) is 4.79 Å². The van der Waals surface area contributed by atoms with Crippen molar-refractivity contribution in [3.63, 3.8) is 0 Å². The number of ether oxygens (including phenoxy) is 1. The van der Waals surface area contributed by atoms with Crippen LogP contribution in [0.25, 0.3) is 11.1 Å². The Kier molecular flexibility index (Phi) is 6.77. The first-order chi connectivity index (χ1) is 16.0. The molecule has 172 valence electrons. The van der Waals surface area contributed by atoms with Crippen molar-refractivity contribution in [3.8, 4) is 11.1 Å². The predicted molar refractivity (Wildman–Crippen MR) is 124 cm³/mol. The zero-order valence-corrected chi connectivity index (χ0v) is 18.4. The maximum Gasteiger partial charge on any atom is 0.407 e. The van der Waals surface area contributed by atoms with E-state index in [1.807, 2.05) is 36.4 Å². The molecule has 2 atom stereocenters. The molecule has 0 radical (unpaired) electrons. The highest BCUT2D eigenvalue weighted by molar-refractivity contribution is 5.87. The number of carboxylic acids is 1. The van der Waals surface area contributed by atoms with Crippen molar-refractivity contribution in [1.82, 2.24) is 10.2 Å². The molecule has 1 heterocycles. The van der Waals surface area contributed by atoms with Crippen LogP contribution in [-0.2, 0) is 14.3 Å². The van der Waals surface area contributed by atoms with Crippen molar-refractivity contribution in [2.24, 2.45) is 0 Å². The van der Waals surface area contributed by atoms with Crippen LogP contribution in [0.5, 0.6) is 0 Å². The fourth-order valence-electron chi connectivity index (χ4n) is 4.91. The molecule has 1 aliphatic heterocycles. The van der Waals surface area contributed by atoms with Gasteiger partial charge in [-0.15, -0.1) is 6.58 Å². The van der Waals surface area contributed by atoms with E-state index in [1.54, 1.807) is 11.0 Å². The van der Waals surface area contributed by atoms with Gasteiger partial charge in [0.05, 0.1) is 6.42 Å². The van der Waals surface area contributed by atoms with Crippen LogP contribution < -0.4 is 5.32 Å². The third-order valence-corrected chi connectivity index (χ3v) is 6.41. The number of rotatable bonds is 8. The summed E-state index contributed by atoms with van der Waals surface area (Å²) in [5.74, 6) is -1.31.